The number of nitrogens with zero attached hydrogens (tertiary/aromatic N) is 2. The molecule has 0 radical (unpaired) electrons. The summed E-state index contributed by atoms with van der Waals surface area (Å²) in [6.45, 7) is 1.80. The maximum absolute atomic E-state index is 12.4. The Bertz CT molecular complexity index is 503. The molecule has 0 bridgehead atoms. The van der Waals surface area contributed by atoms with E-state index in [1.807, 2.05) is 14.1 Å². The molecule has 2 N–H and O–H groups in total. The lowest BCUT2D eigenvalue weighted by molar-refractivity contribution is 0.0791. The lowest BCUT2D eigenvalue weighted by Gasteiger charge is -2.19. The summed E-state index contributed by atoms with van der Waals surface area (Å²) in [5, 5.41) is 0. The zero-order chi connectivity index (χ0) is 14.7. The van der Waals surface area contributed by atoms with Crippen molar-refractivity contribution in [1.82, 2.24) is 9.80 Å². The van der Waals surface area contributed by atoms with Crippen molar-refractivity contribution in [2.45, 2.75) is 6.42 Å². The summed E-state index contributed by atoms with van der Waals surface area (Å²) in [6.07, 6.45) is 0.916. The van der Waals surface area contributed by atoms with Crippen molar-refractivity contribution in [3.63, 3.8) is 0 Å². The first-order valence-electron chi connectivity index (χ1n) is 6.58. The predicted octanol–water partition coefficient (Wildman–Crippen LogP) is 1.02. The normalized spacial score (nSPS) is 12.8. The van der Waals surface area contributed by atoms with Gasteiger partial charge in [-0.2, -0.15) is 0 Å². The first-order valence-corrected chi connectivity index (χ1v) is 6.58. The molecule has 6 heteroatoms. The van der Waals surface area contributed by atoms with E-state index in [0.29, 0.717) is 29.3 Å². The van der Waals surface area contributed by atoms with E-state index < -0.39 is 0 Å². The zero-order valence-corrected chi connectivity index (χ0v) is 12.2. The minimum Gasteiger partial charge on any atom is -0.454 e. The number of hydrogen-bond donors (Lipinski definition) is 1. The van der Waals surface area contributed by atoms with Crippen LogP contribution in [0.3, 0.4) is 0 Å². The quantitative estimate of drug-likeness (QED) is 0.815. The molecule has 0 unspecified atom stereocenters. The third-order valence-electron chi connectivity index (χ3n) is 3.22. The maximum atomic E-state index is 12.4. The molecule has 6 nitrogen and oxygen atoms in total. The van der Waals surface area contributed by atoms with Crippen molar-refractivity contribution in [3.05, 3.63) is 17.7 Å². The van der Waals surface area contributed by atoms with E-state index in [2.05, 4.69) is 4.90 Å². The van der Waals surface area contributed by atoms with Crippen LogP contribution in [0.1, 0.15) is 16.8 Å². The molecule has 0 aliphatic carbocycles. The number of hydrogen-bond acceptors (Lipinski definition) is 5. The number of nitrogens with two attached hydrogens (primary N) is 1. The van der Waals surface area contributed by atoms with Gasteiger partial charge < -0.3 is 25.0 Å². The highest BCUT2D eigenvalue weighted by molar-refractivity contribution is 6.00. The Morgan fingerprint density at radius 2 is 1.85 bits per heavy atom. The first-order chi connectivity index (χ1) is 9.49. The minimum atomic E-state index is -0.0976. The van der Waals surface area contributed by atoms with Gasteiger partial charge in [0.05, 0.1) is 5.56 Å². The van der Waals surface area contributed by atoms with Crippen LogP contribution < -0.4 is 15.2 Å². The van der Waals surface area contributed by atoms with E-state index in [1.165, 1.54) is 0 Å². The van der Waals surface area contributed by atoms with Crippen LogP contribution in [0.5, 0.6) is 11.5 Å². The minimum absolute atomic E-state index is 0.0976. The fourth-order valence-corrected chi connectivity index (χ4v) is 2.07. The molecule has 110 valence electrons. The molecular weight excluding hydrogens is 258 g/mol. The van der Waals surface area contributed by atoms with Gasteiger partial charge in [-0.15, -0.1) is 0 Å². The van der Waals surface area contributed by atoms with E-state index in [4.69, 9.17) is 15.2 Å². The van der Waals surface area contributed by atoms with E-state index in [-0.39, 0.29) is 12.7 Å². The summed E-state index contributed by atoms with van der Waals surface area (Å²) in [5.74, 6) is 1.07. The van der Waals surface area contributed by atoms with Gasteiger partial charge in [0.2, 0.25) is 6.79 Å². The first kappa shape index (κ1) is 14.5. The standard InChI is InChI=1S/C14H21N3O3/c1-16(2)5-4-6-17(3)14(18)10-7-12-13(8-11(10)15)20-9-19-12/h7-8H,4-6,9,15H2,1-3H3. The molecule has 1 amide bonds. The summed E-state index contributed by atoms with van der Waals surface area (Å²) in [5.41, 5.74) is 6.79. The van der Waals surface area contributed by atoms with E-state index in [9.17, 15) is 4.79 Å². The second-order valence-corrected chi connectivity index (χ2v) is 5.18. The number of nitrogen functional groups attached to an aromatic ring is 1. The Balaban J connectivity index is 2.05. The van der Waals surface area contributed by atoms with Crippen LogP contribution in [0.2, 0.25) is 0 Å². The molecule has 1 aromatic rings. The van der Waals surface area contributed by atoms with Crippen molar-refractivity contribution in [2.75, 3.05) is 46.8 Å². The predicted molar refractivity (Wildman–Crippen MR) is 77.1 cm³/mol. The molecule has 0 atom stereocenters. The molecule has 20 heavy (non-hydrogen) atoms. The van der Waals surface area contributed by atoms with Crippen LogP contribution >= 0.6 is 0 Å². The average Bonchev–Trinajstić information content (AvgIpc) is 2.83. The van der Waals surface area contributed by atoms with Crippen LogP contribution in [0, 0.1) is 0 Å². The number of carbonyl (C=O) groups excluding carboxylic acids is 1. The molecule has 0 saturated carbocycles. The van der Waals surface area contributed by atoms with Crippen molar-refractivity contribution < 1.29 is 14.3 Å². The van der Waals surface area contributed by atoms with Gasteiger partial charge in [0.1, 0.15) is 0 Å². The average molecular weight is 279 g/mol. The van der Waals surface area contributed by atoms with Gasteiger partial charge in [0, 0.05) is 25.3 Å². The van der Waals surface area contributed by atoms with Crippen LogP contribution in [0.15, 0.2) is 12.1 Å². The molecule has 1 heterocycles. The summed E-state index contributed by atoms with van der Waals surface area (Å²) in [6, 6.07) is 3.30. The molecule has 1 aliphatic rings. The highest BCUT2D eigenvalue weighted by Crippen LogP contribution is 2.36. The molecular formula is C14H21N3O3. The largest absolute Gasteiger partial charge is 0.454 e. The second-order valence-electron chi connectivity index (χ2n) is 5.18. The van der Waals surface area contributed by atoms with Gasteiger partial charge >= 0.3 is 0 Å². The van der Waals surface area contributed by atoms with Gasteiger partial charge in [-0.25, -0.2) is 0 Å². The lowest BCUT2D eigenvalue weighted by Crippen LogP contribution is -2.30. The Labute approximate surface area is 119 Å². The monoisotopic (exact) mass is 279 g/mol. The van der Waals surface area contributed by atoms with Crippen LogP contribution in [0.25, 0.3) is 0 Å². The fourth-order valence-electron chi connectivity index (χ4n) is 2.07. The number of fused-ring (bicyclic) bond motifs is 1. The third-order valence-corrected chi connectivity index (χ3v) is 3.22. The number of anilines is 1. The summed E-state index contributed by atoms with van der Waals surface area (Å²) >= 11 is 0. The van der Waals surface area contributed by atoms with Gasteiger partial charge in [0.25, 0.3) is 5.91 Å². The summed E-state index contributed by atoms with van der Waals surface area (Å²) in [7, 11) is 5.80. The number of benzene rings is 1. The molecule has 0 spiro atoms. The summed E-state index contributed by atoms with van der Waals surface area (Å²) < 4.78 is 10.5. The van der Waals surface area contributed by atoms with Crippen molar-refractivity contribution in [1.29, 1.82) is 0 Å². The molecule has 0 fully saturated rings. The Hall–Kier alpha value is -1.95. The SMILES string of the molecule is CN(C)CCCN(C)C(=O)c1cc2c(cc1N)OCO2. The fraction of sp³-hybridized carbons (Fsp3) is 0.500. The van der Waals surface area contributed by atoms with Crippen molar-refractivity contribution >= 4 is 11.6 Å². The summed E-state index contributed by atoms with van der Waals surface area (Å²) in [4.78, 5) is 16.1. The molecule has 1 aliphatic heterocycles. The third kappa shape index (κ3) is 3.14. The lowest BCUT2D eigenvalue weighted by atomic mass is 10.1. The Morgan fingerprint density at radius 1 is 1.20 bits per heavy atom. The highest BCUT2D eigenvalue weighted by Gasteiger charge is 2.21. The van der Waals surface area contributed by atoms with Gasteiger partial charge in [-0.05, 0) is 33.1 Å². The van der Waals surface area contributed by atoms with Gasteiger partial charge in [-0.3, -0.25) is 4.79 Å². The van der Waals surface area contributed by atoms with Crippen LogP contribution in [0.4, 0.5) is 5.69 Å². The van der Waals surface area contributed by atoms with E-state index in [1.54, 1.807) is 24.1 Å². The Morgan fingerprint density at radius 3 is 2.50 bits per heavy atom. The van der Waals surface area contributed by atoms with E-state index >= 15 is 0 Å². The topological polar surface area (TPSA) is 68.0 Å². The number of ether oxygens (including phenoxy) is 2. The van der Waals surface area contributed by atoms with Crippen molar-refractivity contribution in [3.8, 4) is 11.5 Å². The van der Waals surface area contributed by atoms with E-state index in [0.717, 1.165) is 13.0 Å². The molecule has 0 aromatic heterocycles. The Kier molecular flexibility index (Phi) is 4.34. The highest BCUT2D eigenvalue weighted by atomic mass is 16.7. The molecule has 1 aromatic carbocycles. The van der Waals surface area contributed by atoms with Crippen LogP contribution in [-0.4, -0.2) is 56.7 Å². The van der Waals surface area contributed by atoms with Gasteiger partial charge in [0.15, 0.2) is 11.5 Å². The number of rotatable bonds is 5. The van der Waals surface area contributed by atoms with Gasteiger partial charge in [-0.1, -0.05) is 0 Å². The smallest absolute Gasteiger partial charge is 0.255 e. The van der Waals surface area contributed by atoms with Crippen LogP contribution in [-0.2, 0) is 0 Å². The molecule has 2 rings (SSSR count). The maximum Gasteiger partial charge on any atom is 0.255 e. The number of carbonyl (C=O) groups is 1. The zero-order valence-electron chi connectivity index (χ0n) is 12.2. The second kappa shape index (κ2) is 6.00. The number of amides is 1. The van der Waals surface area contributed by atoms with Crippen molar-refractivity contribution in [2.24, 2.45) is 0 Å². The molecule has 0 saturated heterocycles.